The van der Waals surface area contributed by atoms with Crippen molar-refractivity contribution >= 4 is 11.6 Å². The van der Waals surface area contributed by atoms with Crippen LogP contribution in [0.4, 0.5) is 5.69 Å². The number of benzene rings is 1. The van der Waals surface area contributed by atoms with Gasteiger partial charge in [0.2, 0.25) is 5.91 Å². The van der Waals surface area contributed by atoms with Gasteiger partial charge in [-0.05, 0) is 43.5 Å². The second kappa shape index (κ2) is 3.09. The highest BCUT2D eigenvalue weighted by Gasteiger charge is 2.10. The van der Waals surface area contributed by atoms with Gasteiger partial charge in [0, 0.05) is 11.3 Å². The maximum atomic E-state index is 11.0. The molecule has 0 aliphatic rings. The number of rotatable bonds is 1. The molecule has 0 saturated carbocycles. The largest absolute Gasteiger partial charge is 0.398 e. The van der Waals surface area contributed by atoms with Crippen molar-refractivity contribution in [3.63, 3.8) is 0 Å². The molecule has 0 aromatic heterocycles. The summed E-state index contributed by atoms with van der Waals surface area (Å²) in [5.41, 5.74) is 15.0. The highest BCUT2D eigenvalue weighted by atomic mass is 16.1. The molecular weight excluding hydrogens is 164 g/mol. The Morgan fingerprint density at radius 3 is 2.15 bits per heavy atom. The summed E-state index contributed by atoms with van der Waals surface area (Å²) in [5, 5.41) is 0. The van der Waals surface area contributed by atoms with Gasteiger partial charge in [-0.25, -0.2) is 0 Å². The lowest BCUT2D eigenvalue weighted by atomic mass is 9.97. The van der Waals surface area contributed by atoms with E-state index in [0.29, 0.717) is 11.3 Å². The molecule has 0 bridgehead atoms. The fourth-order valence-corrected chi connectivity index (χ4v) is 1.33. The molecule has 0 aliphatic heterocycles. The molecule has 0 fully saturated rings. The number of nitrogens with two attached hydrogens (primary N) is 2. The zero-order chi connectivity index (χ0) is 10.2. The van der Waals surface area contributed by atoms with E-state index >= 15 is 0 Å². The zero-order valence-electron chi connectivity index (χ0n) is 8.14. The summed E-state index contributed by atoms with van der Waals surface area (Å²) in [6, 6.07) is 1.64. The topological polar surface area (TPSA) is 69.1 Å². The average molecular weight is 178 g/mol. The van der Waals surface area contributed by atoms with Gasteiger partial charge in [0.1, 0.15) is 0 Å². The minimum Gasteiger partial charge on any atom is -0.398 e. The van der Waals surface area contributed by atoms with Crippen LogP contribution in [0.15, 0.2) is 6.07 Å². The van der Waals surface area contributed by atoms with Crippen LogP contribution in [0.1, 0.15) is 27.0 Å². The van der Waals surface area contributed by atoms with Crippen LogP contribution in [0.25, 0.3) is 0 Å². The molecule has 1 amide bonds. The highest BCUT2D eigenvalue weighted by Crippen LogP contribution is 2.22. The minimum atomic E-state index is -0.424. The van der Waals surface area contributed by atoms with Gasteiger partial charge in [-0.2, -0.15) is 0 Å². The second-order valence-corrected chi connectivity index (χ2v) is 3.25. The lowest BCUT2D eigenvalue weighted by molar-refractivity contribution is 0.0999. The minimum absolute atomic E-state index is 0.424. The van der Waals surface area contributed by atoms with Crippen LogP contribution < -0.4 is 11.5 Å². The third-order valence-corrected chi connectivity index (χ3v) is 2.53. The van der Waals surface area contributed by atoms with E-state index in [-0.39, 0.29) is 0 Å². The number of amides is 1. The van der Waals surface area contributed by atoms with Crippen LogP contribution in [0.3, 0.4) is 0 Å². The summed E-state index contributed by atoms with van der Waals surface area (Å²) in [7, 11) is 0. The van der Waals surface area contributed by atoms with Gasteiger partial charge in [0.15, 0.2) is 0 Å². The summed E-state index contributed by atoms with van der Waals surface area (Å²) >= 11 is 0. The van der Waals surface area contributed by atoms with Crippen LogP contribution >= 0.6 is 0 Å². The van der Waals surface area contributed by atoms with Gasteiger partial charge in [0.05, 0.1) is 0 Å². The van der Waals surface area contributed by atoms with Crippen molar-refractivity contribution in [3.8, 4) is 0 Å². The fourth-order valence-electron chi connectivity index (χ4n) is 1.33. The van der Waals surface area contributed by atoms with Crippen molar-refractivity contribution < 1.29 is 4.79 Å². The number of carbonyl (C=O) groups excluding carboxylic acids is 1. The highest BCUT2D eigenvalue weighted by molar-refractivity contribution is 5.95. The summed E-state index contributed by atoms with van der Waals surface area (Å²) < 4.78 is 0. The molecule has 3 nitrogen and oxygen atoms in total. The first-order chi connectivity index (χ1) is 5.95. The smallest absolute Gasteiger partial charge is 0.249 e. The molecule has 1 rings (SSSR count). The number of anilines is 1. The standard InChI is InChI=1S/C10H14N2O/c1-5-6(2)8(10(12)13)4-9(11)7(5)3/h4H,11H2,1-3H3,(H2,12,13). The quantitative estimate of drug-likeness (QED) is 0.636. The molecule has 1 aromatic rings. The SMILES string of the molecule is Cc1c(N)cc(C(N)=O)c(C)c1C. The third kappa shape index (κ3) is 1.49. The van der Waals surface area contributed by atoms with Crippen molar-refractivity contribution in [1.82, 2.24) is 0 Å². The van der Waals surface area contributed by atoms with E-state index in [1.165, 1.54) is 0 Å². The van der Waals surface area contributed by atoms with Gasteiger partial charge >= 0.3 is 0 Å². The molecule has 3 heteroatoms. The van der Waals surface area contributed by atoms with E-state index in [2.05, 4.69) is 0 Å². The lowest BCUT2D eigenvalue weighted by Gasteiger charge is -2.11. The number of carbonyl (C=O) groups is 1. The van der Waals surface area contributed by atoms with Gasteiger partial charge < -0.3 is 11.5 Å². The second-order valence-electron chi connectivity index (χ2n) is 3.25. The van der Waals surface area contributed by atoms with E-state index in [1.54, 1.807) is 6.07 Å². The van der Waals surface area contributed by atoms with Crippen LogP contribution in [0.2, 0.25) is 0 Å². The molecule has 0 atom stereocenters. The maximum absolute atomic E-state index is 11.0. The summed E-state index contributed by atoms with van der Waals surface area (Å²) in [5.74, 6) is -0.424. The van der Waals surface area contributed by atoms with E-state index in [0.717, 1.165) is 16.7 Å². The number of hydrogen-bond acceptors (Lipinski definition) is 2. The number of primary amides is 1. The monoisotopic (exact) mass is 178 g/mol. The molecule has 0 aliphatic carbocycles. The predicted molar refractivity (Wildman–Crippen MR) is 53.6 cm³/mol. The molecule has 0 saturated heterocycles. The van der Waals surface area contributed by atoms with Crippen molar-refractivity contribution in [2.45, 2.75) is 20.8 Å². The Hall–Kier alpha value is -1.51. The molecule has 13 heavy (non-hydrogen) atoms. The van der Waals surface area contributed by atoms with E-state index in [9.17, 15) is 4.79 Å². The Morgan fingerprint density at radius 1 is 1.15 bits per heavy atom. The van der Waals surface area contributed by atoms with Crippen molar-refractivity contribution in [3.05, 3.63) is 28.3 Å². The van der Waals surface area contributed by atoms with Gasteiger partial charge in [0.25, 0.3) is 0 Å². The number of hydrogen-bond donors (Lipinski definition) is 2. The van der Waals surface area contributed by atoms with Crippen LogP contribution in [-0.4, -0.2) is 5.91 Å². The molecule has 0 heterocycles. The first kappa shape index (κ1) is 9.58. The Labute approximate surface area is 77.7 Å². The van der Waals surface area contributed by atoms with Gasteiger partial charge in [-0.1, -0.05) is 0 Å². The third-order valence-electron chi connectivity index (χ3n) is 2.53. The summed E-state index contributed by atoms with van der Waals surface area (Å²) in [4.78, 5) is 11.0. The van der Waals surface area contributed by atoms with Crippen LogP contribution in [0.5, 0.6) is 0 Å². The predicted octanol–water partition coefficient (Wildman–Crippen LogP) is 1.29. The summed E-state index contributed by atoms with van der Waals surface area (Å²) in [6.45, 7) is 5.75. The van der Waals surface area contributed by atoms with E-state index in [1.807, 2.05) is 20.8 Å². The molecule has 0 unspecified atom stereocenters. The van der Waals surface area contributed by atoms with Gasteiger partial charge in [-0.3, -0.25) is 4.79 Å². The Kier molecular flexibility index (Phi) is 2.28. The molecule has 1 aromatic carbocycles. The van der Waals surface area contributed by atoms with Crippen LogP contribution in [-0.2, 0) is 0 Å². The first-order valence-corrected chi connectivity index (χ1v) is 4.11. The molecule has 0 spiro atoms. The van der Waals surface area contributed by atoms with Gasteiger partial charge in [-0.15, -0.1) is 0 Å². The Bertz CT molecular complexity index is 370. The average Bonchev–Trinajstić information content (AvgIpc) is 2.07. The Balaban J connectivity index is 3.50. The molecule has 4 N–H and O–H groups in total. The molecule has 70 valence electrons. The fraction of sp³-hybridized carbons (Fsp3) is 0.300. The van der Waals surface area contributed by atoms with Crippen molar-refractivity contribution in [2.24, 2.45) is 5.73 Å². The van der Waals surface area contributed by atoms with E-state index < -0.39 is 5.91 Å². The lowest BCUT2D eigenvalue weighted by Crippen LogP contribution is -2.14. The van der Waals surface area contributed by atoms with Crippen molar-refractivity contribution in [1.29, 1.82) is 0 Å². The normalized spacial score (nSPS) is 10.1. The van der Waals surface area contributed by atoms with Crippen molar-refractivity contribution in [2.75, 3.05) is 5.73 Å². The summed E-state index contributed by atoms with van der Waals surface area (Å²) in [6.07, 6.45) is 0. The van der Waals surface area contributed by atoms with Crippen LogP contribution in [0, 0.1) is 20.8 Å². The number of nitrogen functional groups attached to an aromatic ring is 1. The molecular formula is C10H14N2O. The first-order valence-electron chi connectivity index (χ1n) is 4.11. The molecule has 0 radical (unpaired) electrons. The Morgan fingerprint density at radius 2 is 1.69 bits per heavy atom. The van der Waals surface area contributed by atoms with E-state index in [4.69, 9.17) is 11.5 Å². The zero-order valence-corrected chi connectivity index (χ0v) is 8.14. The maximum Gasteiger partial charge on any atom is 0.249 e.